The van der Waals surface area contributed by atoms with Gasteiger partial charge in [-0.05, 0) is 37.4 Å². The van der Waals surface area contributed by atoms with E-state index < -0.39 is 0 Å². The van der Waals surface area contributed by atoms with Crippen molar-refractivity contribution in [2.45, 2.75) is 38.0 Å². The van der Waals surface area contributed by atoms with Gasteiger partial charge in [0.1, 0.15) is 22.6 Å². The number of ether oxygens (including phenoxy) is 1. The number of fused-ring (bicyclic) bond motifs is 2. The SMILES string of the molecule is CN1CCC(OC2c3ccccc3CCn3cc(-c4nccs4)nc32)CC1. The van der Waals surface area contributed by atoms with Crippen LogP contribution in [0.3, 0.4) is 0 Å². The first kappa shape index (κ1) is 17.1. The molecule has 0 spiro atoms. The summed E-state index contributed by atoms with van der Waals surface area (Å²) in [5, 5.41) is 2.98. The third-order valence-electron chi connectivity index (χ3n) is 5.65. The number of imidazole rings is 1. The summed E-state index contributed by atoms with van der Waals surface area (Å²) >= 11 is 1.63. The van der Waals surface area contributed by atoms with Gasteiger partial charge in [-0.1, -0.05) is 24.3 Å². The predicted molar refractivity (Wildman–Crippen MR) is 107 cm³/mol. The van der Waals surface area contributed by atoms with Gasteiger partial charge in [0.25, 0.3) is 0 Å². The van der Waals surface area contributed by atoms with Crippen LogP contribution in [0.15, 0.2) is 42.0 Å². The smallest absolute Gasteiger partial charge is 0.143 e. The van der Waals surface area contributed by atoms with Crippen molar-refractivity contribution in [3.8, 4) is 10.7 Å². The van der Waals surface area contributed by atoms with E-state index in [0.717, 1.165) is 55.4 Å². The second kappa shape index (κ2) is 7.19. The number of hydrogen-bond acceptors (Lipinski definition) is 5. The third kappa shape index (κ3) is 3.33. The summed E-state index contributed by atoms with van der Waals surface area (Å²) in [6.45, 7) is 3.12. The maximum atomic E-state index is 6.72. The van der Waals surface area contributed by atoms with Gasteiger partial charge in [-0.25, -0.2) is 9.97 Å². The summed E-state index contributed by atoms with van der Waals surface area (Å²) < 4.78 is 8.99. The Morgan fingerprint density at radius 3 is 2.81 bits per heavy atom. The van der Waals surface area contributed by atoms with Crippen LogP contribution in [0.4, 0.5) is 0 Å². The minimum Gasteiger partial charge on any atom is -0.362 e. The number of rotatable bonds is 3. The third-order valence-corrected chi connectivity index (χ3v) is 6.44. The summed E-state index contributed by atoms with van der Waals surface area (Å²) in [5.74, 6) is 1.02. The lowest BCUT2D eigenvalue weighted by Gasteiger charge is -2.32. The van der Waals surface area contributed by atoms with Gasteiger partial charge in [-0.2, -0.15) is 0 Å². The summed E-state index contributed by atoms with van der Waals surface area (Å²) in [5.41, 5.74) is 3.60. The number of nitrogens with zero attached hydrogens (tertiary/aromatic N) is 4. The number of benzene rings is 1. The van der Waals surface area contributed by atoms with E-state index in [1.54, 1.807) is 11.3 Å². The Hall–Kier alpha value is -2.02. The van der Waals surface area contributed by atoms with E-state index in [1.165, 1.54) is 11.1 Å². The Labute approximate surface area is 163 Å². The second-order valence-electron chi connectivity index (χ2n) is 7.48. The van der Waals surface area contributed by atoms with Crippen molar-refractivity contribution >= 4 is 11.3 Å². The largest absolute Gasteiger partial charge is 0.362 e. The van der Waals surface area contributed by atoms with Gasteiger partial charge < -0.3 is 14.2 Å². The maximum absolute atomic E-state index is 6.72. The molecule has 1 atom stereocenters. The fourth-order valence-electron chi connectivity index (χ4n) is 4.12. The zero-order chi connectivity index (χ0) is 18.2. The second-order valence-corrected chi connectivity index (χ2v) is 8.38. The van der Waals surface area contributed by atoms with Crippen LogP contribution in [-0.2, 0) is 17.7 Å². The molecule has 2 aromatic heterocycles. The Kier molecular flexibility index (Phi) is 4.55. The maximum Gasteiger partial charge on any atom is 0.143 e. The van der Waals surface area contributed by atoms with Crippen molar-refractivity contribution in [1.29, 1.82) is 0 Å². The monoisotopic (exact) mass is 380 g/mol. The van der Waals surface area contributed by atoms with Crippen molar-refractivity contribution in [3.05, 3.63) is 59.0 Å². The molecule has 5 rings (SSSR count). The summed E-state index contributed by atoms with van der Waals surface area (Å²) in [6.07, 6.45) is 7.32. The lowest BCUT2D eigenvalue weighted by atomic mass is 10.00. The molecule has 0 N–H and O–H groups in total. The van der Waals surface area contributed by atoms with E-state index in [-0.39, 0.29) is 12.2 Å². The molecule has 1 aromatic carbocycles. The van der Waals surface area contributed by atoms with Crippen LogP contribution in [-0.4, -0.2) is 45.7 Å². The molecule has 6 heteroatoms. The predicted octanol–water partition coefficient (Wildman–Crippen LogP) is 3.76. The molecule has 5 nitrogen and oxygen atoms in total. The van der Waals surface area contributed by atoms with E-state index in [1.807, 2.05) is 11.6 Å². The van der Waals surface area contributed by atoms with Crippen molar-refractivity contribution in [3.63, 3.8) is 0 Å². The zero-order valence-corrected chi connectivity index (χ0v) is 16.4. The topological polar surface area (TPSA) is 43.2 Å². The van der Waals surface area contributed by atoms with Crippen LogP contribution in [0.2, 0.25) is 0 Å². The molecule has 3 aromatic rings. The standard InChI is InChI=1S/C21H24N4OS/c1-24-10-7-16(8-11-24)26-19-17-5-3-2-4-15(17)6-12-25-14-18(23-20(19)25)21-22-9-13-27-21/h2-5,9,13-14,16,19H,6-8,10-12H2,1H3. The van der Waals surface area contributed by atoms with Gasteiger partial charge >= 0.3 is 0 Å². The van der Waals surface area contributed by atoms with Crippen LogP contribution in [0.25, 0.3) is 10.7 Å². The first-order valence-corrected chi connectivity index (χ1v) is 10.5. The van der Waals surface area contributed by atoms with E-state index in [9.17, 15) is 0 Å². The first-order chi connectivity index (χ1) is 13.3. The molecule has 1 saturated heterocycles. The highest BCUT2D eigenvalue weighted by Gasteiger charge is 2.30. The quantitative estimate of drug-likeness (QED) is 0.694. The zero-order valence-electron chi connectivity index (χ0n) is 15.5. The number of hydrogen-bond donors (Lipinski definition) is 0. The lowest BCUT2D eigenvalue weighted by Crippen LogP contribution is -2.35. The molecule has 0 saturated carbocycles. The molecule has 0 bridgehead atoms. The molecule has 27 heavy (non-hydrogen) atoms. The molecule has 0 radical (unpaired) electrons. The van der Waals surface area contributed by atoms with Crippen molar-refractivity contribution in [2.75, 3.05) is 20.1 Å². The summed E-state index contributed by atoms with van der Waals surface area (Å²) in [7, 11) is 2.18. The molecular weight excluding hydrogens is 356 g/mol. The summed E-state index contributed by atoms with van der Waals surface area (Å²) in [4.78, 5) is 11.8. The molecule has 2 aliphatic rings. The molecule has 140 valence electrons. The minimum absolute atomic E-state index is 0.106. The van der Waals surface area contributed by atoms with Crippen LogP contribution < -0.4 is 0 Å². The highest BCUT2D eigenvalue weighted by molar-refractivity contribution is 7.13. The van der Waals surface area contributed by atoms with Gasteiger partial charge in [0.15, 0.2) is 0 Å². The van der Waals surface area contributed by atoms with Crippen molar-refractivity contribution in [1.82, 2.24) is 19.4 Å². The molecule has 1 unspecified atom stereocenters. The van der Waals surface area contributed by atoms with Crippen LogP contribution in [0.1, 0.15) is 35.9 Å². The highest BCUT2D eigenvalue weighted by Crippen LogP contribution is 2.36. The van der Waals surface area contributed by atoms with Gasteiger partial charge in [0.2, 0.25) is 0 Å². The van der Waals surface area contributed by atoms with Crippen LogP contribution in [0.5, 0.6) is 0 Å². The number of piperidine rings is 1. The van der Waals surface area contributed by atoms with Crippen molar-refractivity contribution in [2.24, 2.45) is 0 Å². The van der Waals surface area contributed by atoms with E-state index in [4.69, 9.17) is 9.72 Å². The average Bonchev–Trinajstić information content (AvgIpc) is 3.34. The van der Waals surface area contributed by atoms with Gasteiger partial charge in [0.05, 0.1) is 6.10 Å². The summed E-state index contributed by atoms with van der Waals surface area (Å²) in [6, 6.07) is 8.68. The lowest BCUT2D eigenvalue weighted by molar-refractivity contribution is -0.0275. The fourth-order valence-corrected chi connectivity index (χ4v) is 4.71. The number of aromatic nitrogens is 3. The Balaban J connectivity index is 1.53. The van der Waals surface area contributed by atoms with Crippen molar-refractivity contribution < 1.29 is 4.74 Å². The van der Waals surface area contributed by atoms with E-state index in [2.05, 4.69) is 52.0 Å². The molecular formula is C21H24N4OS. The van der Waals surface area contributed by atoms with Gasteiger partial charge in [-0.15, -0.1) is 11.3 Å². The van der Waals surface area contributed by atoms with Crippen LogP contribution in [0, 0.1) is 0 Å². The van der Waals surface area contributed by atoms with Gasteiger partial charge in [-0.3, -0.25) is 0 Å². The molecule has 0 amide bonds. The molecule has 4 heterocycles. The van der Waals surface area contributed by atoms with E-state index >= 15 is 0 Å². The number of thiazole rings is 1. The van der Waals surface area contributed by atoms with Crippen LogP contribution >= 0.6 is 11.3 Å². The highest BCUT2D eigenvalue weighted by atomic mass is 32.1. The molecule has 0 aliphatic carbocycles. The first-order valence-electron chi connectivity index (χ1n) is 9.66. The Morgan fingerprint density at radius 1 is 1.15 bits per heavy atom. The fraction of sp³-hybridized carbons (Fsp3) is 0.429. The normalized spacial score (nSPS) is 20.9. The minimum atomic E-state index is -0.106. The molecule has 2 aliphatic heterocycles. The Morgan fingerprint density at radius 2 is 2.00 bits per heavy atom. The number of aryl methyl sites for hydroxylation is 2. The average molecular weight is 381 g/mol. The Bertz CT molecular complexity index is 912. The van der Waals surface area contributed by atoms with Gasteiger partial charge in [0, 0.05) is 37.4 Å². The number of likely N-dealkylation sites (tertiary alicyclic amines) is 1. The molecule has 1 fully saturated rings. The van der Waals surface area contributed by atoms with E-state index in [0.29, 0.717) is 0 Å².